The van der Waals surface area contributed by atoms with Gasteiger partial charge in [0.1, 0.15) is 12.2 Å². The van der Waals surface area contributed by atoms with Crippen molar-refractivity contribution in [3.63, 3.8) is 0 Å². The van der Waals surface area contributed by atoms with Crippen molar-refractivity contribution in [2.45, 2.75) is 32.5 Å². The highest BCUT2D eigenvalue weighted by molar-refractivity contribution is 6.30. The third-order valence-electron chi connectivity index (χ3n) is 6.58. The molecule has 0 fully saturated rings. The number of fused-ring (bicyclic) bond motifs is 1. The van der Waals surface area contributed by atoms with E-state index in [0.717, 1.165) is 0 Å². The van der Waals surface area contributed by atoms with Crippen LogP contribution in [-0.4, -0.2) is 61.5 Å². The number of aliphatic hydroxyl groups is 1. The summed E-state index contributed by atoms with van der Waals surface area (Å²) in [5, 5.41) is 22.0. The fourth-order valence-corrected chi connectivity index (χ4v) is 4.76. The normalized spacial score (nSPS) is 17.0. The molecule has 0 saturated carbocycles. The maximum absolute atomic E-state index is 14.1. The summed E-state index contributed by atoms with van der Waals surface area (Å²) in [4.78, 5) is 39.8. The van der Waals surface area contributed by atoms with Crippen LogP contribution < -0.4 is 19.7 Å². The van der Waals surface area contributed by atoms with Gasteiger partial charge in [-0.15, -0.1) is 0 Å². The zero-order chi connectivity index (χ0) is 29.9. The Hall–Kier alpha value is -4.06. The lowest BCUT2D eigenvalue weighted by molar-refractivity contribution is -0.136. The van der Waals surface area contributed by atoms with Crippen LogP contribution in [0.2, 0.25) is 5.02 Å². The van der Waals surface area contributed by atoms with E-state index >= 15 is 0 Å². The zero-order valence-electron chi connectivity index (χ0n) is 23.0. The van der Waals surface area contributed by atoms with Crippen molar-refractivity contribution in [1.29, 1.82) is 0 Å². The number of benzene rings is 2. The summed E-state index contributed by atoms with van der Waals surface area (Å²) < 4.78 is 22.7. The average molecular weight is 587 g/mol. The van der Waals surface area contributed by atoms with Crippen LogP contribution in [0.25, 0.3) is 0 Å². The molecule has 2 amide bonds. The topological polar surface area (TPSA) is 148 Å². The van der Waals surface area contributed by atoms with Crippen LogP contribution in [0, 0.1) is 5.41 Å². The summed E-state index contributed by atoms with van der Waals surface area (Å²) in [6.45, 7) is 3.52. The fourth-order valence-electron chi connectivity index (χ4n) is 4.58. The Morgan fingerprint density at radius 2 is 1.85 bits per heavy atom. The number of anilines is 2. The zero-order valence-corrected chi connectivity index (χ0v) is 23.7. The van der Waals surface area contributed by atoms with E-state index in [1.165, 1.54) is 31.3 Å². The van der Waals surface area contributed by atoms with Crippen LogP contribution in [0.15, 0.2) is 52.9 Å². The molecule has 1 aliphatic rings. The predicted molar refractivity (Wildman–Crippen MR) is 150 cm³/mol. The first-order valence-electron chi connectivity index (χ1n) is 12.7. The van der Waals surface area contributed by atoms with Gasteiger partial charge in [0.2, 0.25) is 17.6 Å². The highest BCUT2D eigenvalue weighted by atomic mass is 35.5. The number of ether oxygens (including phenoxy) is 3. The molecule has 0 spiro atoms. The van der Waals surface area contributed by atoms with E-state index in [1.807, 2.05) is 13.8 Å². The molecule has 0 unspecified atom stereocenters. The first-order valence-corrected chi connectivity index (χ1v) is 13.1. The van der Waals surface area contributed by atoms with E-state index in [-0.39, 0.29) is 24.8 Å². The summed E-state index contributed by atoms with van der Waals surface area (Å²) >= 11 is 6.42. The lowest BCUT2D eigenvalue weighted by atomic mass is 9.92. The number of carbonyl (C=O) groups excluding carboxylic acids is 2. The number of methoxy groups -OCH3 is 2. The second-order valence-electron chi connectivity index (χ2n) is 10.3. The molecule has 11 nitrogen and oxygen atoms in total. The summed E-state index contributed by atoms with van der Waals surface area (Å²) in [5.74, 6) is -2.07. The average Bonchev–Trinajstić information content (AvgIpc) is 3.38. The number of rotatable bonds is 10. The Kier molecular flexibility index (Phi) is 8.91. The predicted octanol–water partition coefficient (Wildman–Crippen LogP) is 4.52. The summed E-state index contributed by atoms with van der Waals surface area (Å²) in [7, 11) is 2.98. The number of amides is 2. The van der Waals surface area contributed by atoms with Crippen LogP contribution in [0.5, 0.6) is 11.5 Å². The van der Waals surface area contributed by atoms with E-state index in [1.54, 1.807) is 36.4 Å². The number of para-hydroxylation sites is 1. The maximum atomic E-state index is 14.1. The van der Waals surface area contributed by atoms with Gasteiger partial charge >= 0.3 is 5.97 Å². The van der Waals surface area contributed by atoms with E-state index in [2.05, 4.69) is 5.32 Å². The summed E-state index contributed by atoms with van der Waals surface area (Å²) in [5.41, 5.74) is 0.880. The molecule has 2 heterocycles. The molecule has 12 heteroatoms. The first-order chi connectivity index (χ1) is 19.5. The van der Waals surface area contributed by atoms with E-state index < -0.39 is 41.8 Å². The molecule has 0 saturated heterocycles. The Balaban J connectivity index is 1.80. The molecule has 2 atom stereocenters. The number of aliphatic hydroxyl groups excluding tert-OH is 1. The molecule has 0 aliphatic carbocycles. The quantitative estimate of drug-likeness (QED) is 0.312. The molecule has 0 radical (unpaired) electrons. The van der Waals surface area contributed by atoms with Gasteiger partial charge in [-0.1, -0.05) is 37.6 Å². The van der Waals surface area contributed by atoms with Gasteiger partial charge in [-0.25, -0.2) is 4.79 Å². The number of nitrogens with zero attached hydrogens (tertiary/aromatic N) is 1. The monoisotopic (exact) mass is 586 g/mol. The highest BCUT2D eigenvalue weighted by Gasteiger charge is 2.40. The van der Waals surface area contributed by atoms with Gasteiger partial charge in [-0.2, -0.15) is 0 Å². The first kappa shape index (κ1) is 29.9. The van der Waals surface area contributed by atoms with Crippen LogP contribution >= 0.6 is 11.6 Å². The van der Waals surface area contributed by atoms with Gasteiger partial charge in [0.25, 0.3) is 5.91 Å². The second-order valence-corrected chi connectivity index (χ2v) is 10.7. The number of carboxylic acids is 1. The second kappa shape index (κ2) is 12.2. The third-order valence-corrected chi connectivity index (χ3v) is 6.82. The minimum Gasteiger partial charge on any atom is -0.493 e. The molecule has 0 bridgehead atoms. The summed E-state index contributed by atoms with van der Waals surface area (Å²) in [6.07, 6.45) is -2.65. The number of aromatic carboxylic acids is 1. The Morgan fingerprint density at radius 1 is 1.10 bits per heavy atom. The molecular weight excluding hydrogens is 556 g/mol. The van der Waals surface area contributed by atoms with Crippen molar-refractivity contribution < 1.29 is 43.2 Å². The highest BCUT2D eigenvalue weighted by Crippen LogP contribution is 2.45. The molecule has 3 aromatic rings. The van der Waals surface area contributed by atoms with Gasteiger partial charge in [0.15, 0.2) is 11.5 Å². The van der Waals surface area contributed by atoms with Crippen molar-refractivity contribution in [2.75, 3.05) is 37.6 Å². The van der Waals surface area contributed by atoms with Gasteiger partial charge in [0.05, 0.1) is 20.6 Å². The van der Waals surface area contributed by atoms with Gasteiger partial charge in [-0.3, -0.25) is 14.9 Å². The van der Waals surface area contributed by atoms with Crippen molar-refractivity contribution in [2.24, 2.45) is 5.41 Å². The molecule has 41 heavy (non-hydrogen) atoms. The number of nitrogens with one attached hydrogen (secondary N) is 1. The number of carbonyl (C=O) groups is 3. The van der Waals surface area contributed by atoms with Crippen LogP contribution in [0.3, 0.4) is 0 Å². The fraction of sp³-hybridized carbons (Fsp3) is 0.345. The minimum absolute atomic E-state index is 0.0900. The van der Waals surface area contributed by atoms with E-state index in [9.17, 15) is 19.5 Å². The van der Waals surface area contributed by atoms with Crippen LogP contribution in [0.4, 0.5) is 11.6 Å². The molecule has 2 aromatic carbocycles. The van der Waals surface area contributed by atoms with E-state index in [4.69, 9.17) is 35.3 Å². The Morgan fingerprint density at radius 3 is 2.49 bits per heavy atom. The smallest absolute Gasteiger partial charge is 0.371 e. The van der Waals surface area contributed by atoms with E-state index in [0.29, 0.717) is 33.3 Å². The number of carboxylic acid groups (broad SMARTS) is 1. The molecule has 4 rings (SSSR count). The molecule has 1 aliphatic heterocycles. The van der Waals surface area contributed by atoms with Crippen molar-refractivity contribution >= 4 is 41.0 Å². The van der Waals surface area contributed by atoms with Crippen LogP contribution in [-0.2, 0) is 14.3 Å². The standard InChI is InChI=1S/C29H31ClN2O9/c1-29(2,15-33)14-32-19-9-8-16(30)12-18(19)25(17-6-5-7-20(38-3)26(17)39-4)41-22(27(32)35)13-23(34)31-24-11-10-21(40-24)28(36)37/h5-12,22,25,33H,13-15H2,1-4H3,(H,31,34)(H,36,37)/t22-,25-/m1/s1. The van der Waals surface area contributed by atoms with Crippen molar-refractivity contribution in [1.82, 2.24) is 0 Å². The molecular formula is C29H31ClN2O9. The minimum atomic E-state index is -1.30. The Bertz CT molecular complexity index is 1450. The molecule has 218 valence electrons. The van der Waals surface area contributed by atoms with Gasteiger partial charge in [0, 0.05) is 46.5 Å². The van der Waals surface area contributed by atoms with Crippen LogP contribution in [0.1, 0.15) is 48.1 Å². The van der Waals surface area contributed by atoms with Crippen molar-refractivity contribution in [3.05, 3.63) is 70.4 Å². The number of halogens is 1. The SMILES string of the molecule is COc1cccc([C@H]2O[C@H](CC(=O)Nc3ccc(C(=O)O)o3)C(=O)N(CC(C)(C)CO)c3ccc(Cl)cc32)c1OC. The maximum Gasteiger partial charge on any atom is 0.371 e. The third kappa shape index (κ3) is 6.48. The largest absolute Gasteiger partial charge is 0.493 e. The molecule has 1 aromatic heterocycles. The van der Waals surface area contributed by atoms with Crippen molar-refractivity contribution in [3.8, 4) is 11.5 Å². The lowest BCUT2D eigenvalue weighted by Crippen LogP contribution is -2.46. The summed E-state index contributed by atoms with van der Waals surface area (Å²) in [6, 6.07) is 12.8. The van der Waals surface area contributed by atoms with Gasteiger partial charge < -0.3 is 33.7 Å². The number of hydrogen-bond acceptors (Lipinski definition) is 8. The number of hydrogen-bond donors (Lipinski definition) is 3. The van der Waals surface area contributed by atoms with Gasteiger partial charge in [-0.05, 0) is 30.3 Å². The Labute approximate surface area is 241 Å². The molecule has 3 N–H and O–H groups in total. The number of furan rings is 1. The lowest BCUT2D eigenvalue weighted by Gasteiger charge is -2.32.